The summed E-state index contributed by atoms with van der Waals surface area (Å²) in [6.45, 7) is 10.3. The number of piperazine rings is 1. The van der Waals surface area contributed by atoms with E-state index in [-0.39, 0.29) is 11.9 Å². The van der Waals surface area contributed by atoms with Crippen LogP contribution in [0.3, 0.4) is 0 Å². The first-order valence-corrected chi connectivity index (χ1v) is 10.8. The van der Waals surface area contributed by atoms with E-state index in [1.165, 1.54) is 4.31 Å². The van der Waals surface area contributed by atoms with Crippen LogP contribution in [0.1, 0.15) is 37.8 Å². The Bertz CT molecular complexity index is 726. The molecule has 6 nitrogen and oxygen atoms in total. The number of nitrogens with one attached hydrogen (secondary N) is 1. The van der Waals surface area contributed by atoms with Crippen LogP contribution >= 0.6 is 0 Å². The molecule has 1 amide bonds. The first-order chi connectivity index (χ1) is 12.2. The van der Waals surface area contributed by atoms with E-state index in [2.05, 4.69) is 12.2 Å². The molecule has 1 aliphatic rings. The summed E-state index contributed by atoms with van der Waals surface area (Å²) in [5.74, 6) is 0.0106. The molecular weight excluding hydrogens is 350 g/mol. The van der Waals surface area contributed by atoms with Crippen molar-refractivity contribution in [3.8, 4) is 0 Å². The Labute approximate surface area is 157 Å². The molecule has 26 heavy (non-hydrogen) atoms. The van der Waals surface area contributed by atoms with E-state index in [0.29, 0.717) is 37.6 Å². The van der Waals surface area contributed by atoms with Gasteiger partial charge in [0, 0.05) is 32.2 Å². The molecular formula is C19H31N3O3S. The SMILES string of the molecule is CCCC(C)NC(=O)CN1CCN(S(=O)(=O)c2ccc(C)c(C)c2)CC1. The summed E-state index contributed by atoms with van der Waals surface area (Å²) >= 11 is 0. The summed E-state index contributed by atoms with van der Waals surface area (Å²) in [4.78, 5) is 14.4. The van der Waals surface area contributed by atoms with Crippen molar-refractivity contribution >= 4 is 15.9 Å². The van der Waals surface area contributed by atoms with Gasteiger partial charge in [0.2, 0.25) is 15.9 Å². The van der Waals surface area contributed by atoms with Crippen LogP contribution in [0.5, 0.6) is 0 Å². The predicted octanol–water partition coefficient (Wildman–Crippen LogP) is 1.91. The highest BCUT2D eigenvalue weighted by molar-refractivity contribution is 7.89. The minimum atomic E-state index is -3.47. The van der Waals surface area contributed by atoms with Crippen LogP contribution in [-0.2, 0) is 14.8 Å². The van der Waals surface area contributed by atoms with Crippen LogP contribution < -0.4 is 5.32 Å². The quantitative estimate of drug-likeness (QED) is 0.783. The van der Waals surface area contributed by atoms with Crippen molar-refractivity contribution in [3.05, 3.63) is 29.3 Å². The molecule has 1 fully saturated rings. The van der Waals surface area contributed by atoms with Gasteiger partial charge < -0.3 is 5.32 Å². The maximum absolute atomic E-state index is 12.8. The number of benzene rings is 1. The number of sulfonamides is 1. The summed E-state index contributed by atoms with van der Waals surface area (Å²) in [7, 11) is -3.47. The number of hydrogen-bond donors (Lipinski definition) is 1. The molecule has 1 saturated heterocycles. The summed E-state index contributed by atoms with van der Waals surface area (Å²) in [6.07, 6.45) is 2.00. The number of carbonyl (C=O) groups is 1. The van der Waals surface area contributed by atoms with Crippen molar-refractivity contribution in [2.75, 3.05) is 32.7 Å². The van der Waals surface area contributed by atoms with Gasteiger partial charge in [0.05, 0.1) is 11.4 Å². The molecule has 1 atom stereocenters. The summed E-state index contributed by atoms with van der Waals surface area (Å²) < 4.78 is 27.2. The van der Waals surface area contributed by atoms with Crippen LogP contribution in [0.2, 0.25) is 0 Å². The highest BCUT2D eigenvalue weighted by Gasteiger charge is 2.29. The van der Waals surface area contributed by atoms with Gasteiger partial charge in [0.1, 0.15) is 0 Å². The molecule has 1 unspecified atom stereocenters. The van der Waals surface area contributed by atoms with Gasteiger partial charge in [-0.05, 0) is 50.5 Å². The standard InChI is InChI=1S/C19H31N3O3S/c1-5-6-17(4)20-19(23)14-21-9-11-22(12-10-21)26(24,25)18-8-7-15(2)16(3)13-18/h7-8,13,17H,5-6,9-12,14H2,1-4H3,(H,20,23). The lowest BCUT2D eigenvalue weighted by Gasteiger charge is -2.33. The topological polar surface area (TPSA) is 69.7 Å². The van der Waals surface area contributed by atoms with Gasteiger partial charge in [-0.15, -0.1) is 0 Å². The number of carbonyl (C=O) groups excluding carboxylic acids is 1. The Balaban J connectivity index is 1.91. The molecule has 2 rings (SSSR count). The summed E-state index contributed by atoms with van der Waals surface area (Å²) in [6, 6.07) is 5.44. The molecule has 1 N–H and O–H groups in total. The fourth-order valence-corrected chi connectivity index (χ4v) is 4.69. The lowest BCUT2D eigenvalue weighted by molar-refractivity contribution is -0.123. The molecule has 0 aromatic heterocycles. The Morgan fingerprint density at radius 3 is 2.38 bits per heavy atom. The lowest BCUT2D eigenvalue weighted by atomic mass is 10.1. The molecule has 0 saturated carbocycles. The maximum atomic E-state index is 12.8. The van der Waals surface area contributed by atoms with Gasteiger partial charge in [-0.3, -0.25) is 9.69 Å². The molecule has 1 aliphatic heterocycles. The van der Waals surface area contributed by atoms with Crippen LogP contribution in [0.15, 0.2) is 23.1 Å². The highest BCUT2D eigenvalue weighted by atomic mass is 32.2. The molecule has 0 aliphatic carbocycles. The number of amides is 1. The highest BCUT2D eigenvalue weighted by Crippen LogP contribution is 2.20. The van der Waals surface area contributed by atoms with E-state index in [1.807, 2.05) is 31.7 Å². The van der Waals surface area contributed by atoms with Crippen LogP contribution in [0, 0.1) is 13.8 Å². The first kappa shape index (κ1) is 20.9. The third kappa shape index (κ3) is 5.28. The van der Waals surface area contributed by atoms with E-state index in [4.69, 9.17) is 0 Å². The first-order valence-electron chi connectivity index (χ1n) is 9.33. The van der Waals surface area contributed by atoms with Crippen molar-refractivity contribution in [2.24, 2.45) is 0 Å². The third-order valence-corrected chi connectivity index (χ3v) is 6.84. The second-order valence-corrected chi connectivity index (χ2v) is 9.12. The van der Waals surface area contributed by atoms with Gasteiger partial charge in [-0.1, -0.05) is 19.4 Å². The van der Waals surface area contributed by atoms with E-state index in [0.717, 1.165) is 24.0 Å². The Hall–Kier alpha value is -1.44. The summed E-state index contributed by atoms with van der Waals surface area (Å²) in [5, 5.41) is 2.99. The summed E-state index contributed by atoms with van der Waals surface area (Å²) in [5.41, 5.74) is 2.06. The zero-order chi connectivity index (χ0) is 19.3. The molecule has 0 radical (unpaired) electrons. The van der Waals surface area contributed by atoms with E-state index < -0.39 is 10.0 Å². The van der Waals surface area contributed by atoms with E-state index in [1.54, 1.807) is 12.1 Å². The number of hydrogen-bond acceptors (Lipinski definition) is 4. The van der Waals surface area contributed by atoms with Crippen molar-refractivity contribution in [1.29, 1.82) is 0 Å². The third-order valence-electron chi connectivity index (χ3n) is 4.94. The van der Waals surface area contributed by atoms with Crippen molar-refractivity contribution in [3.63, 3.8) is 0 Å². The Kier molecular flexibility index (Phi) is 7.20. The number of nitrogens with zero attached hydrogens (tertiary/aromatic N) is 2. The average molecular weight is 382 g/mol. The minimum Gasteiger partial charge on any atom is -0.353 e. The van der Waals surface area contributed by atoms with Crippen LogP contribution in [0.25, 0.3) is 0 Å². The normalized spacial score (nSPS) is 17.8. The lowest BCUT2D eigenvalue weighted by Crippen LogP contribution is -2.51. The largest absolute Gasteiger partial charge is 0.353 e. The van der Waals surface area contributed by atoms with E-state index >= 15 is 0 Å². The zero-order valence-corrected chi connectivity index (χ0v) is 17.1. The zero-order valence-electron chi connectivity index (χ0n) is 16.3. The van der Waals surface area contributed by atoms with Gasteiger partial charge in [0.25, 0.3) is 0 Å². The second-order valence-electron chi connectivity index (χ2n) is 7.18. The fourth-order valence-electron chi connectivity index (χ4n) is 3.18. The molecule has 7 heteroatoms. The van der Waals surface area contributed by atoms with Gasteiger partial charge in [0.15, 0.2) is 0 Å². The molecule has 1 heterocycles. The Morgan fingerprint density at radius 2 is 1.81 bits per heavy atom. The van der Waals surface area contributed by atoms with E-state index in [9.17, 15) is 13.2 Å². The van der Waals surface area contributed by atoms with Crippen LogP contribution in [-0.4, -0.2) is 62.3 Å². The van der Waals surface area contributed by atoms with Crippen LogP contribution in [0.4, 0.5) is 0 Å². The van der Waals surface area contributed by atoms with Crippen molar-refractivity contribution in [1.82, 2.24) is 14.5 Å². The molecule has 0 bridgehead atoms. The maximum Gasteiger partial charge on any atom is 0.243 e. The molecule has 1 aromatic carbocycles. The smallest absolute Gasteiger partial charge is 0.243 e. The fraction of sp³-hybridized carbons (Fsp3) is 0.632. The van der Waals surface area contributed by atoms with Gasteiger partial charge >= 0.3 is 0 Å². The number of rotatable bonds is 7. The minimum absolute atomic E-state index is 0.0106. The van der Waals surface area contributed by atoms with Crippen molar-refractivity contribution < 1.29 is 13.2 Å². The molecule has 146 valence electrons. The molecule has 0 spiro atoms. The average Bonchev–Trinajstić information content (AvgIpc) is 2.57. The Morgan fingerprint density at radius 1 is 1.15 bits per heavy atom. The van der Waals surface area contributed by atoms with Crippen molar-refractivity contribution in [2.45, 2.75) is 51.5 Å². The number of aryl methyl sites for hydroxylation is 2. The monoisotopic (exact) mass is 381 g/mol. The second kappa shape index (κ2) is 8.97. The predicted molar refractivity (Wildman–Crippen MR) is 104 cm³/mol. The van der Waals surface area contributed by atoms with Gasteiger partial charge in [-0.2, -0.15) is 4.31 Å². The van der Waals surface area contributed by atoms with Gasteiger partial charge in [-0.25, -0.2) is 8.42 Å². The molecule has 1 aromatic rings.